The average molecular weight is 606 g/mol. The van der Waals surface area contributed by atoms with Gasteiger partial charge in [0.15, 0.2) is 0 Å². The number of fused-ring (bicyclic) bond motifs is 10. The van der Waals surface area contributed by atoms with Gasteiger partial charge in [0.2, 0.25) is 0 Å². The van der Waals surface area contributed by atoms with Crippen LogP contribution in [0.5, 0.6) is 0 Å². The fraction of sp³-hybridized carbons (Fsp3) is 0.186. The van der Waals surface area contributed by atoms with E-state index < -0.39 is 0 Å². The molecule has 0 fully saturated rings. The number of aryl methyl sites for hydroxylation is 2. The number of nitriles is 1. The quantitative estimate of drug-likeness (QED) is 0.188. The Balaban J connectivity index is 1.08. The van der Waals surface area contributed by atoms with Crippen molar-refractivity contribution in [2.45, 2.75) is 51.4 Å². The van der Waals surface area contributed by atoms with Gasteiger partial charge in [0.1, 0.15) is 11.3 Å². The van der Waals surface area contributed by atoms with Crippen molar-refractivity contribution in [2.75, 3.05) is 0 Å². The van der Waals surface area contributed by atoms with Crippen LogP contribution in [0.15, 0.2) is 89.4 Å². The molecule has 0 atom stereocenters. The fourth-order valence-electron chi connectivity index (χ4n) is 8.43. The lowest BCUT2D eigenvalue weighted by atomic mass is 9.95. The molecular weight excluding hydrogens is 574 g/mol. The van der Waals surface area contributed by atoms with E-state index in [1.165, 1.54) is 51.6 Å². The third-order valence-corrected chi connectivity index (χ3v) is 10.5. The molecule has 0 spiro atoms. The number of furan rings is 1. The summed E-state index contributed by atoms with van der Waals surface area (Å²) in [5.74, 6) is 7.62. The van der Waals surface area contributed by atoms with E-state index in [0.717, 1.165) is 88.8 Å². The molecular formula is C43H31N3O. The second kappa shape index (κ2) is 10.1. The van der Waals surface area contributed by atoms with Gasteiger partial charge in [-0.05, 0) is 97.7 Å². The van der Waals surface area contributed by atoms with Crippen LogP contribution in [0.1, 0.15) is 65.1 Å². The molecule has 0 aliphatic heterocycles. The molecule has 7 aromatic rings. The Morgan fingerprint density at radius 2 is 1.62 bits per heavy atom. The van der Waals surface area contributed by atoms with Crippen LogP contribution >= 0.6 is 0 Å². The molecule has 4 heteroatoms. The first kappa shape index (κ1) is 26.5. The van der Waals surface area contributed by atoms with Gasteiger partial charge in [-0.2, -0.15) is 5.26 Å². The number of rotatable bonds is 3. The lowest BCUT2D eigenvalue weighted by Crippen LogP contribution is -2.07. The Labute approximate surface area is 273 Å². The predicted octanol–water partition coefficient (Wildman–Crippen LogP) is 10.00. The van der Waals surface area contributed by atoms with Gasteiger partial charge in [0.05, 0.1) is 33.6 Å². The Kier molecular flexibility index (Phi) is 5.72. The summed E-state index contributed by atoms with van der Waals surface area (Å²) in [6, 6.07) is 30.8. The van der Waals surface area contributed by atoms with Crippen LogP contribution in [0.2, 0.25) is 0 Å². The summed E-state index contributed by atoms with van der Waals surface area (Å²) in [6.45, 7) is 0. The molecule has 0 saturated carbocycles. The van der Waals surface area contributed by atoms with Gasteiger partial charge < -0.3 is 13.6 Å². The number of benzene rings is 4. The van der Waals surface area contributed by atoms with Crippen molar-refractivity contribution >= 4 is 38.9 Å². The van der Waals surface area contributed by atoms with Gasteiger partial charge in [-0.25, -0.2) is 0 Å². The molecule has 0 radical (unpaired) electrons. The van der Waals surface area contributed by atoms with Crippen LogP contribution < -0.4 is 0 Å². The van der Waals surface area contributed by atoms with Gasteiger partial charge in [0, 0.05) is 51.9 Å². The van der Waals surface area contributed by atoms with Crippen molar-refractivity contribution in [3.8, 4) is 40.4 Å². The van der Waals surface area contributed by atoms with E-state index in [4.69, 9.17) is 4.42 Å². The molecule has 10 rings (SSSR count). The molecule has 3 aliphatic carbocycles. The maximum atomic E-state index is 10.4. The van der Waals surface area contributed by atoms with Gasteiger partial charge in [-0.15, -0.1) is 0 Å². The Bertz CT molecular complexity index is 2580. The van der Waals surface area contributed by atoms with E-state index in [-0.39, 0.29) is 0 Å². The third kappa shape index (κ3) is 3.82. The summed E-state index contributed by atoms with van der Waals surface area (Å²) < 4.78 is 11.3. The largest absolute Gasteiger partial charge is 0.459 e. The number of nitrogens with zero attached hydrogens (tertiary/aromatic N) is 3. The second-order valence-electron chi connectivity index (χ2n) is 13.0. The van der Waals surface area contributed by atoms with Crippen LogP contribution in [0.25, 0.3) is 61.4 Å². The smallest absolute Gasteiger partial charge is 0.145 e. The number of hydrogen-bond donors (Lipinski definition) is 0. The van der Waals surface area contributed by atoms with Crippen molar-refractivity contribution in [2.24, 2.45) is 0 Å². The first-order valence-corrected chi connectivity index (χ1v) is 16.8. The number of para-hydroxylation sites is 1. The molecule has 3 heterocycles. The standard InChI is InChI=1S/C43H31N3O/c44-26-28-25-30(46-37-13-5-1-9-32(37)33-10-2-6-14-38(33)46)21-22-31(28)27-17-19-29(20-18-27)45-39-15-7-3-12-36(39)42-40(45)24-23-35-34-11-4-8-16-41(34)47-43(35)42/h1,3,5,9,12-13,17-25H,2,6-8,10,14-16H2. The molecule has 47 heavy (non-hydrogen) atoms. The summed E-state index contributed by atoms with van der Waals surface area (Å²) in [7, 11) is 0. The highest BCUT2D eigenvalue weighted by Gasteiger charge is 2.25. The summed E-state index contributed by atoms with van der Waals surface area (Å²) in [4.78, 5) is 0. The highest BCUT2D eigenvalue weighted by molar-refractivity contribution is 6.11. The predicted molar refractivity (Wildman–Crippen MR) is 189 cm³/mol. The summed E-state index contributed by atoms with van der Waals surface area (Å²) >= 11 is 0. The average Bonchev–Trinajstić information content (AvgIpc) is 3.79. The maximum Gasteiger partial charge on any atom is 0.145 e. The Morgan fingerprint density at radius 3 is 2.53 bits per heavy atom. The highest BCUT2D eigenvalue weighted by atomic mass is 16.3. The Morgan fingerprint density at radius 1 is 0.766 bits per heavy atom. The molecule has 0 unspecified atom stereocenters. The zero-order valence-corrected chi connectivity index (χ0v) is 26.1. The summed E-state index contributed by atoms with van der Waals surface area (Å²) in [6.07, 6.45) is 12.9. The van der Waals surface area contributed by atoms with E-state index in [9.17, 15) is 5.26 Å². The van der Waals surface area contributed by atoms with Crippen LogP contribution in [0, 0.1) is 23.2 Å². The second-order valence-corrected chi connectivity index (χ2v) is 13.0. The van der Waals surface area contributed by atoms with Gasteiger partial charge in [-0.1, -0.05) is 60.4 Å². The zero-order valence-electron chi connectivity index (χ0n) is 26.1. The first-order valence-electron chi connectivity index (χ1n) is 16.8. The highest BCUT2D eigenvalue weighted by Crippen LogP contribution is 2.42. The third-order valence-electron chi connectivity index (χ3n) is 10.5. The van der Waals surface area contributed by atoms with Crippen molar-refractivity contribution in [3.05, 3.63) is 124 Å². The summed E-state index contributed by atoms with van der Waals surface area (Å²) in [5, 5.41) is 14.0. The lowest BCUT2D eigenvalue weighted by Gasteiger charge is -2.17. The maximum absolute atomic E-state index is 10.4. The molecule has 3 aliphatic rings. The fourth-order valence-corrected chi connectivity index (χ4v) is 8.43. The van der Waals surface area contributed by atoms with E-state index in [2.05, 4.69) is 118 Å². The first-order chi connectivity index (χ1) is 23.3. The van der Waals surface area contributed by atoms with E-state index in [1.807, 2.05) is 0 Å². The number of hydrogen-bond acceptors (Lipinski definition) is 2. The minimum absolute atomic E-state index is 0.693. The van der Waals surface area contributed by atoms with Gasteiger partial charge in [0.25, 0.3) is 0 Å². The summed E-state index contributed by atoms with van der Waals surface area (Å²) in [5.41, 5.74) is 14.7. The minimum atomic E-state index is 0.693. The zero-order chi connectivity index (χ0) is 31.1. The van der Waals surface area contributed by atoms with E-state index in [1.54, 1.807) is 0 Å². The molecule has 0 N–H and O–H groups in total. The molecule has 3 aromatic heterocycles. The molecule has 0 amide bonds. The van der Waals surface area contributed by atoms with E-state index in [0.29, 0.717) is 5.56 Å². The molecule has 4 aromatic carbocycles. The minimum Gasteiger partial charge on any atom is -0.459 e. The van der Waals surface area contributed by atoms with Crippen molar-refractivity contribution in [1.82, 2.24) is 9.13 Å². The van der Waals surface area contributed by atoms with E-state index >= 15 is 0 Å². The van der Waals surface area contributed by atoms with Crippen LogP contribution in [-0.2, 0) is 25.7 Å². The molecule has 224 valence electrons. The number of aromatic nitrogens is 2. The van der Waals surface area contributed by atoms with Crippen LogP contribution in [0.4, 0.5) is 0 Å². The molecule has 4 nitrogen and oxygen atoms in total. The van der Waals surface area contributed by atoms with Gasteiger partial charge in [-0.3, -0.25) is 0 Å². The Hall–Kier alpha value is -5.71. The molecule has 0 saturated heterocycles. The molecule has 0 bridgehead atoms. The van der Waals surface area contributed by atoms with Crippen LogP contribution in [-0.4, -0.2) is 9.13 Å². The van der Waals surface area contributed by atoms with Crippen molar-refractivity contribution < 1.29 is 4.42 Å². The van der Waals surface area contributed by atoms with Gasteiger partial charge >= 0.3 is 0 Å². The van der Waals surface area contributed by atoms with Crippen molar-refractivity contribution in [1.29, 1.82) is 5.26 Å². The van der Waals surface area contributed by atoms with Crippen molar-refractivity contribution in [3.63, 3.8) is 0 Å². The number of allylic oxidation sites excluding steroid dienone is 1. The lowest BCUT2D eigenvalue weighted by molar-refractivity contribution is 0.550. The SMILES string of the molecule is N#Cc1cc(-n2c3c(c4ccccc42)CCCC3)ccc1-c1ccc(-n2c3c(c4c5oc6c(c5ccc42)C#CCC6)C=CCC3)cc1. The monoisotopic (exact) mass is 605 g/mol. The van der Waals surface area contributed by atoms with Crippen LogP contribution in [0.3, 0.4) is 0 Å². The normalized spacial score (nSPS) is 14.9. The topological polar surface area (TPSA) is 46.8 Å².